The normalized spacial score (nSPS) is 17.1. The van der Waals surface area contributed by atoms with E-state index in [2.05, 4.69) is 20.2 Å². The van der Waals surface area contributed by atoms with E-state index in [1.807, 2.05) is 18.2 Å². The minimum atomic E-state index is -0.111. The summed E-state index contributed by atoms with van der Waals surface area (Å²) in [6, 6.07) is 10.9. The Hall–Kier alpha value is -2.80. The fourth-order valence-electron chi connectivity index (χ4n) is 3.32. The van der Waals surface area contributed by atoms with Gasteiger partial charge in [-0.25, -0.2) is 9.97 Å². The van der Waals surface area contributed by atoms with Gasteiger partial charge in [0.05, 0.1) is 5.92 Å². The van der Waals surface area contributed by atoms with Crippen molar-refractivity contribution in [3.8, 4) is 0 Å². The topological polar surface area (TPSA) is 75.2 Å². The second kappa shape index (κ2) is 7.44. The largest absolute Gasteiger partial charge is 0.347 e. The Morgan fingerprint density at radius 2 is 2.15 bits per heavy atom. The molecule has 1 aromatic carbocycles. The molecule has 1 N–H and O–H groups in total. The standard InChI is InChI=1S/C20H20N4O2S/c1-13(25)14-5-2-7-16(11-14)22-18(26)15-6-4-10-24(12-15)20-23-17-8-3-9-21-19(17)27-20/h2-3,5,7-9,11,15H,4,6,10,12H2,1H3,(H,22,26)/t15-/m0/s1. The average molecular weight is 380 g/mol. The number of benzene rings is 1. The fraction of sp³-hybridized carbons (Fsp3) is 0.300. The maximum absolute atomic E-state index is 12.7. The number of carbonyl (C=O) groups excluding carboxylic acids is 2. The number of pyridine rings is 1. The van der Waals surface area contributed by atoms with Gasteiger partial charge < -0.3 is 10.2 Å². The van der Waals surface area contributed by atoms with Crippen LogP contribution in [0.25, 0.3) is 10.3 Å². The van der Waals surface area contributed by atoms with Gasteiger partial charge in [0.25, 0.3) is 0 Å². The van der Waals surface area contributed by atoms with Crippen molar-refractivity contribution in [2.24, 2.45) is 5.92 Å². The van der Waals surface area contributed by atoms with Gasteiger partial charge >= 0.3 is 0 Å². The van der Waals surface area contributed by atoms with Gasteiger partial charge in [-0.3, -0.25) is 9.59 Å². The molecule has 27 heavy (non-hydrogen) atoms. The number of hydrogen-bond acceptors (Lipinski definition) is 6. The molecular formula is C20H20N4O2S. The summed E-state index contributed by atoms with van der Waals surface area (Å²) in [5.41, 5.74) is 2.15. The van der Waals surface area contributed by atoms with E-state index in [1.165, 1.54) is 6.92 Å². The van der Waals surface area contributed by atoms with Crippen LogP contribution in [0.2, 0.25) is 0 Å². The minimum Gasteiger partial charge on any atom is -0.347 e. The zero-order valence-corrected chi connectivity index (χ0v) is 15.8. The molecule has 3 aromatic rings. The highest BCUT2D eigenvalue weighted by atomic mass is 32.1. The molecule has 1 aliphatic rings. The first kappa shape index (κ1) is 17.6. The zero-order chi connectivity index (χ0) is 18.8. The van der Waals surface area contributed by atoms with Crippen molar-refractivity contribution < 1.29 is 9.59 Å². The first-order chi connectivity index (χ1) is 13.1. The summed E-state index contributed by atoms with van der Waals surface area (Å²) in [5.74, 6) is -0.140. The third-order valence-corrected chi connectivity index (χ3v) is 5.79. The van der Waals surface area contributed by atoms with Crippen LogP contribution in [-0.4, -0.2) is 34.7 Å². The lowest BCUT2D eigenvalue weighted by atomic mass is 9.97. The molecule has 1 atom stereocenters. The van der Waals surface area contributed by atoms with Crippen molar-refractivity contribution in [1.82, 2.24) is 9.97 Å². The molecule has 2 aromatic heterocycles. The van der Waals surface area contributed by atoms with Crippen molar-refractivity contribution in [3.63, 3.8) is 0 Å². The molecule has 1 aliphatic heterocycles. The maximum atomic E-state index is 12.7. The molecule has 1 fully saturated rings. The molecule has 0 aliphatic carbocycles. The van der Waals surface area contributed by atoms with Crippen LogP contribution in [0.3, 0.4) is 0 Å². The van der Waals surface area contributed by atoms with Crippen LogP contribution >= 0.6 is 11.3 Å². The Bertz CT molecular complexity index is 967. The van der Waals surface area contributed by atoms with E-state index in [1.54, 1.807) is 35.7 Å². The van der Waals surface area contributed by atoms with Crippen LogP contribution in [0.5, 0.6) is 0 Å². The number of Topliss-reactive ketones (excluding diaryl/α,β-unsaturated/α-hetero) is 1. The lowest BCUT2D eigenvalue weighted by Gasteiger charge is -2.31. The SMILES string of the molecule is CC(=O)c1cccc(NC(=O)[C@H]2CCCN(c3nc4cccnc4s3)C2)c1. The Morgan fingerprint density at radius 3 is 2.96 bits per heavy atom. The molecule has 1 amide bonds. The molecule has 4 rings (SSSR count). The summed E-state index contributed by atoms with van der Waals surface area (Å²) >= 11 is 1.56. The number of rotatable bonds is 4. The summed E-state index contributed by atoms with van der Waals surface area (Å²) in [7, 11) is 0. The Morgan fingerprint density at radius 1 is 1.26 bits per heavy atom. The van der Waals surface area contributed by atoms with Gasteiger partial charge in [0.1, 0.15) is 10.3 Å². The molecule has 6 nitrogen and oxygen atoms in total. The average Bonchev–Trinajstić information content (AvgIpc) is 3.12. The van der Waals surface area contributed by atoms with Gasteiger partial charge in [-0.2, -0.15) is 0 Å². The summed E-state index contributed by atoms with van der Waals surface area (Å²) < 4.78 is 0. The number of anilines is 2. The number of thiazole rings is 1. The van der Waals surface area contributed by atoms with Crippen LogP contribution in [-0.2, 0) is 4.79 Å². The molecule has 0 spiro atoms. The molecule has 0 unspecified atom stereocenters. The van der Waals surface area contributed by atoms with Crippen molar-refractivity contribution in [3.05, 3.63) is 48.2 Å². The van der Waals surface area contributed by atoms with Crippen LogP contribution in [0.1, 0.15) is 30.1 Å². The number of nitrogens with one attached hydrogen (secondary N) is 1. The number of fused-ring (bicyclic) bond motifs is 1. The van der Waals surface area contributed by atoms with Crippen LogP contribution in [0.4, 0.5) is 10.8 Å². The third kappa shape index (κ3) is 3.83. The molecule has 1 saturated heterocycles. The summed E-state index contributed by atoms with van der Waals surface area (Å²) in [5, 5.41) is 3.87. The lowest BCUT2D eigenvalue weighted by Crippen LogP contribution is -2.40. The summed E-state index contributed by atoms with van der Waals surface area (Å²) in [4.78, 5) is 36.4. The molecule has 0 radical (unpaired) electrons. The molecule has 3 heterocycles. The van der Waals surface area contributed by atoms with Crippen molar-refractivity contribution in [2.75, 3.05) is 23.3 Å². The van der Waals surface area contributed by atoms with Crippen LogP contribution in [0, 0.1) is 5.92 Å². The highest BCUT2D eigenvalue weighted by Gasteiger charge is 2.27. The second-order valence-electron chi connectivity index (χ2n) is 6.74. The smallest absolute Gasteiger partial charge is 0.229 e. The fourth-order valence-corrected chi connectivity index (χ4v) is 4.26. The molecule has 0 bridgehead atoms. The van der Waals surface area contributed by atoms with Crippen molar-refractivity contribution in [1.29, 1.82) is 0 Å². The number of hydrogen-bond donors (Lipinski definition) is 1. The van der Waals surface area contributed by atoms with Crippen LogP contribution in [0.15, 0.2) is 42.6 Å². The van der Waals surface area contributed by atoms with E-state index >= 15 is 0 Å². The lowest BCUT2D eigenvalue weighted by molar-refractivity contribution is -0.120. The van der Waals surface area contributed by atoms with Gasteiger partial charge in [-0.15, -0.1) is 0 Å². The number of nitrogens with zero attached hydrogens (tertiary/aromatic N) is 3. The maximum Gasteiger partial charge on any atom is 0.229 e. The van der Waals surface area contributed by atoms with Gasteiger partial charge in [-0.05, 0) is 44.0 Å². The van der Waals surface area contributed by atoms with Crippen molar-refractivity contribution >= 4 is 44.2 Å². The molecular weight excluding hydrogens is 360 g/mol. The Labute approximate surface area is 161 Å². The summed E-state index contributed by atoms with van der Waals surface area (Å²) in [6.07, 6.45) is 3.55. The van der Waals surface area contributed by atoms with Crippen molar-refractivity contribution in [2.45, 2.75) is 19.8 Å². The number of amides is 1. The van der Waals surface area contributed by atoms with E-state index in [9.17, 15) is 9.59 Å². The Balaban J connectivity index is 1.46. The van der Waals surface area contributed by atoms with Gasteiger partial charge in [0.2, 0.25) is 5.91 Å². The van der Waals surface area contributed by atoms with E-state index < -0.39 is 0 Å². The van der Waals surface area contributed by atoms with E-state index in [-0.39, 0.29) is 17.6 Å². The third-order valence-electron chi connectivity index (χ3n) is 4.75. The van der Waals surface area contributed by atoms with Gasteiger partial charge in [0.15, 0.2) is 10.9 Å². The first-order valence-corrected chi connectivity index (χ1v) is 9.80. The number of piperidine rings is 1. The predicted octanol–water partition coefficient (Wildman–Crippen LogP) is 3.75. The Kier molecular flexibility index (Phi) is 4.85. The molecule has 0 saturated carbocycles. The second-order valence-corrected chi connectivity index (χ2v) is 7.69. The van der Waals surface area contributed by atoms with Gasteiger partial charge in [-0.1, -0.05) is 23.5 Å². The molecule has 138 valence electrons. The number of aromatic nitrogens is 2. The van der Waals surface area contributed by atoms with E-state index in [0.717, 1.165) is 34.9 Å². The van der Waals surface area contributed by atoms with E-state index in [4.69, 9.17) is 0 Å². The monoisotopic (exact) mass is 380 g/mol. The highest BCUT2D eigenvalue weighted by molar-refractivity contribution is 7.21. The van der Waals surface area contributed by atoms with Crippen LogP contribution < -0.4 is 10.2 Å². The van der Waals surface area contributed by atoms with E-state index in [0.29, 0.717) is 17.8 Å². The molecule has 7 heteroatoms. The first-order valence-electron chi connectivity index (χ1n) is 8.98. The van der Waals surface area contributed by atoms with Gasteiger partial charge in [0, 0.05) is 30.5 Å². The zero-order valence-electron chi connectivity index (χ0n) is 15.0. The predicted molar refractivity (Wildman–Crippen MR) is 107 cm³/mol. The minimum absolute atomic E-state index is 0.0142. The number of carbonyl (C=O) groups is 2. The highest BCUT2D eigenvalue weighted by Crippen LogP contribution is 2.30. The quantitative estimate of drug-likeness (QED) is 0.698. The summed E-state index contributed by atoms with van der Waals surface area (Å²) in [6.45, 7) is 3.05. The number of ketones is 1.